The van der Waals surface area contributed by atoms with E-state index >= 15 is 0 Å². The zero-order valence-corrected chi connectivity index (χ0v) is 16.4. The Balaban J connectivity index is 1.88. The minimum absolute atomic E-state index is 0.238. The third-order valence-electron chi connectivity index (χ3n) is 4.49. The van der Waals surface area contributed by atoms with Crippen LogP contribution in [0.25, 0.3) is 22.3 Å². The Kier molecular flexibility index (Phi) is 5.27. The van der Waals surface area contributed by atoms with Gasteiger partial charge in [-0.05, 0) is 42.2 Å². The normalized spacial score (nSPS) is 14.7. The maximum absolute atomic E-state index is 12.6. The molecular weight excluding hydrogens is 426 g/mol. The number of nitrogens with zero attached hydrogens (tertiary/aromatic N) is 3. The summed E-state index contributed by atoms with van der Waals surface area (Å²) in [5.74, 6) is 0. The minimum atomic E-state index is -4.48. The van der Waals surface area contributed by atoms with E-state index in [0.29, 0.717) is 23.5 Å². The molecule has 0 bridgehead atoms. The van der Waals surface area contributed by atoms with E-state index in [9.17, 15) is 13.2 Å². The molecule has 150 valence electrons. The summed E-state index contributed by atoms with van der Waals surface area (Å²) in [7, 11) is 0. The van der Waals surface area contributed by atoms with Crippen LogP contribution in [0.15, 0.2) is 53.7 Å². The van der Waals surface area contributed by atoms with Crippen LogP contribution in [0.2, 0.25) is 5.02 Å². The molecule has 0 fully saturated rings. The van der Waals surface area contributed by atoms with Crippen molar-refractivity contribution in [2.45, 2.75) is 19.0 Å². The first-order valence-corrected chi connectivity index (χ1v) is 9.46. The summed E-state index contributed by atoms with van der Waals surface area (Å²) in [6.45, 7) is -1.45. The molecule has 2 heterocycles. The Bertz CT molecular complexity index is 1140. The molecule has 0 aliphatic heterocycles. The topological polar surface area (TPSA) is 39.4 Å². The number of fused-ring (bicyclic) bond motifs is 1. The van der Waals surface area contributed by atoms with Gasteiger partial charge < -0.3 is 4.74 Å². The number of hydrogen-bond acceptors (Lipinski definition) is 3. The van der Waals surface area contributed by atoms with Crippen LogP contribution in [-0.2, 0) is 0 Å². The molecule has 9 heteroatoms. The Hall–Kier alpha value is -2.51. The van der Waals surface area contributed by atoms with Crippen molar-refractivity contribution < 1.29 is 17.9 Å². The summed E-state index contributed by atoms with van der Waals surface area (Å²) in [6, 6.07) is 8.78. The second kappa shape index (κ2) is 7.72. The van der Waals surface area contributed by atoms with Crippen LogP contribution in [0.5, 0.6) is 6.01 Å². The number of allylic oxidation sites excluding steroid dienone is 4. The molecule has 0 saturated heterocycles. The monoisotopic (exact) mass is 439 g/mol. The van der Waals surface area contributed by atoms with Gasteiger partial charge in [0.15, 0.2) is 12.3 Å². The van der Waals surface area contributed by atoms with Gasteiger partial charge >= 0.3 is 12.2 Å². The maximum Gasteiger partial charge on any atom is 0.422 e. The van der Waals surface area contributed by atoms with E-state index in [1.54, 1.807) is 18.3 Å². The van der Waals surface area contributed by atoms with Crippen molar-refractivity contribution in [1.29, 1.82) is 0 Å². The van der Waals surface area contributed by atoms with Gasteiger partial charge in [-0.15, -0.1) is 5.10 Å². The van der Waals surface area contributed by atoms with Gasteiger partial charge in [0.05, 0.1) is 0 Å². The van der Waals surface area contributed by atoms with Gasteiger partial charge in [-0.2, -0.15) is 13.2 Å². The SMILES string of the molecule is FC(F)(F)COc1nnc2cc(C3=CC=C(Cl)CC3)c(-c3ccccc3Cl)cn12. The van der Waals surface area contributed by atoms with E-state index in [4.69, 9.17) is 27.9 Å². The van der Waals surface area contributed by atoms with E-state index in [1.165, 1.54) is 4.40 Å². The Morgan fingerprint density at radius 2 is 1.79 bits per heavy atom. The number of aromatic nitrogens is 3. The van der Waals surface area contributed by atoms with E-state index in [2.05, 4.69) is 10.2 Å². The van der Waals surface area contributed by atoms with Crippen molar-refractivity contribution in [3.63, 3.8) is 0 Å². The largest absolute Gasteiger partial charge is 0.454 e. The highest BCUT2D eigenvalue weighted by Gasteiger charge is 2.29. The Morgan fingerprint density at radius 1 is 1.00 bits per heavy atom. The molecule has 3 aromatic rings. The highest BCUT2D eigenvalue weighted by Crippen LogP contribution is 2.38. The number of benzene rings is 1. The molecule has 0 radical (unpaired) electrons. The zero-order chi connectivity index (χ0) is 20.6. The van der Waals surface area contributed by atoms with Crippen molar-refractivity contribution in [2.75, 3.05) is 6.61 Å². The highest BCUT2D eigenvalue weighted by atomic mass is 35.5. The number of halogens is 5. The van der Waals surface area contributed by atoms with Gasteiger partial charge in [0.2, 0.25) is 0 Å². The van der Waals surface area contributed by atoms with Gasteiger partial charge in [-0.25, -0.2) is 0 Å². The molecular formula is C20H14Cl2F3N3O. The lowest BCUT2D eigenvalue weighted by Crippen LogP contribution is -2.20. The van der Waals surface area contributed by atoms with Crippen LogP contribution < -0.4 is 4.74 Å². The smallest absolute Gasteiger partial charge is 0.422 e. The lowest BCUT2D eigenvalue weighted by molar-refractivity contribution is -0.154. The molecule has 0 spiro atoms. The number of rotatable bonds is 4. The molecule has 4 rings (SSSR count). The molecule has 29 heavy (non-hydrogen) atoms. The van der Waals surface area contributed by atoms with Gasteiger partial charge in [0, 0.05) is 27.4 Å². The second-order valence-electron chi connectivity index (χ2n) is 6.50. The summed E-state index contributed by atoms with van der Waals surface area (Å²) >= 11 is 12.5. The minimum Gasteiger partial charge on any atom is -0.454 e. The molecule has 0 amide bonds. The fraction of sp³-hybridized carbons (Fsp3) is 0.200. The van der Waals surface area contributed by atoms with Gasteiger partial charge in [-0.1, -0.05) is 52.6 Å². The first-order chi connectivity index (χ1) is 13.8. The lowest BCUT2D eigenvalue weighted by Gasteiger charge is -2.17. The third kappa shape index (κ3) is 4.26. The van der Waals surface area contributed by atoms with Crippen LogP contribution in [0, 0.1) is 0 Å². The zero-order valence-electron chi connectivity index (χ0n) is 14.9. The van der Waals surface area contributed by atoms with Crippen molar-refractivity contribution in [2.24, 2.45) is 0 Å². The molecule has 1 aliphatic carbocycles. The lowest BCUT2D eigenvalue weighted by atomic mass is 9.91. The van der Waals surface area contributed by atoms with E-state index < -0.39 is 12.8 Å². The first-order valence-electron chi connectivity index (χ1n) is 8.71. The summed E-state index contributed by atoms with van der Waals surface area (Å²) in [5, 5.41) is 9.01. The molecule has 0 unspecified atom stereocenters. The average Bonchev–Trinajstić information content (AvgIpc) is 3.08. The quantitative estimate of drug-likeness (QED) is 0.479. The van der Waals surface area contributed by atoms with Crippen LogP contribution in [0.1, 0.15) is 18.4 Å². The first kappa shape index (κ1) is 19.8. The summed E-state index contributed by atoms with van der Waals surface area (Å²) in [4.78, 5) is 0. The van der Waals surface area contributed by atoms with Crippen LogP contribution in [0.4, 0.5) is 13.2 Å². The second-order valence-corrected chi connectivity index (χ2v) is 7.39. The molecule has 0 N–H and O–H groups in total. The van der Waals surface area contributed by atoms with E-state index in [-0.39, 0.29) is 6.01 Å². The molecule has 4 nitrogen and oxygen atoms in total. The molecule has 0 saturated carbocycles. The van der Waals surface area contributed by atoms with Crippen molar-refractivity contribution in [3.05, 3.63) is 64.3 Å². The number of alkyl halides is 3. The van der Waals surface area contributed by atoms with Crippen LogP contribution in [0.3, 0.4) is 0 Å². The Labute approximate surface area is 174 Å². The predicted octanol–water partition coefficient (Wildman–Crippen LogP) is 6.29. The summed E-state index contributed by atoms with van der Waals surface area (Å²) < 4.78 is 43.9. The fourth-order valence-corrected chi connectivity index (χ4v) is 3.55. The van der Waals surface area contributed by atoms with Gasteiger partial charge in [-0.3, -0.25) is 4.40 Å². The number of ether oxygens (including phenoxy) is 1. The Morgan fingerprint density at radius 3 is 2.48 bits per heavy atom. The molecule has 1 aromatic carbocycles. The fourth-order valence-electron chi connectivity index (χ4n) is 3.15. The van der Waals surface area contributed by atoms with Crippen molar-refractivity contribution in [3.8, 4) is 17.1 Å². The highest BCUT2D eigenvalue weighted by molar-refractivity contribution is 6.33. The van der Waals surface area contributed by atoms with E-state index in [1.807, 2.05) is 30.4 Å². The van der Waals surface area contributed by atoms with Crippen molar-refractivity contribution in [1.82, 2.24) is 14.6 Å². The molecule has 2 aromatic heterocycles. The number of hydrogen-bond donors (Lipinski definition) is 0. The van der Waals surface area contributed by atoms with E-state index in [0.717, 1.165) is 27.3 Å². The van der Waals surface area contributed by atoms with Gasteiger partial charge in [0.1, 0.15) is 0 Å². The average molecular weight is 440 g/mol. The van der Waals surface area contributed by atoms with Gasteiger partial charge in [0.25, 0.3) is 0 Å². The maximum atomic E-state index is 12.6. The predicted molar refractivity (Wildman–Crippen MR) is 106 cm³/mol. The standard InChI is InChI=1S/C20H14Cl2F3N3O/c21-13-7-5-12(6-8-13)15-9-18-26-27-19(29-11-20(23,24)25)28(18)10-16(15)14-3-1-2-4-17(14)22/h1-5,7,9-10H,6,8,11H2. The third-order valence-corrected chi connectivity index (χ3v) is 5.13. The summed E-state index contributed by atoms with van der Waals surface area (Å²) in [5.41, 5.74) is 3.73. The van der Waals surface area contributed by atoms with Crippen LogP contribution in [-0.4, -0.2) is 27.4 Å². The molecule has 1 aliphatic rings. The number of pyridine rings is 1. The molecule has 0 atom stereocenters. The van der Waals surface area contributed by atoms with Crippen LogP contribution >= 0.6 is 23.2 Å². The van der Waals surface area contributed by atoms with Crippen molar-refractivity contribution >= 4 is 34.4 Å². The summed E-state index contributed by atoms with van der Waals surface area (Å²) in [6.07, 6.45) is 2.36.